The van der Waals surface area contributed by atoms with E-state index in [2.05, 4.69) is 0 Å². The van der Waals surface area contributed by atoms with Gasteiger partial charge in [0.05, 0.1) is 10.6 Å². The van der Waals surface area contributed by atoms with Gasteiger partial charge in [0.25, 0.3) is 11.8 Å². The molecule has 31 heavy (non-hydrogen) atoms. The molecule has 0 atom stereocenters. The van der Waals surface area contributed by atoms with Crippen molar-refractivity contribution in [2.75, 3.05) is 18.5 Å². The Hall–Kier alpha value is -3.08. The number of rotatable bonds is 6. The largest absolute Gasteiger partial charge is 0.339 e. The van der Waals surface area contributed by atoms with Gasteiger partial charge in [0.2, 0.25) is 0 Å². The normalized spacial score (nSPS) is 13.8. The molecule has 0 aliphatic carbocycles. The molecule has 2 amide bonds. The quantitative estimate of drug-likeness (QED) is 0.468. The molecule has 1 heterocycles. The smallest absolute Gasteiger partial charge is 0.278 e. The first-order valence-corrected chi connectivity index (χ1v) is 10.6. The summed E-state index contributed by atoms with van der Waals surface area (Å²) in [6, 6.07) is 24.1. The first kappa shape index (κ1) is 21.2. The lowest BCUT2D eigenvalue weighted by Crippen LogP contribution is -2.35. The molecule has 156 valence electrons. The maximum atomic E-state index is 13.5. The monoisotopic (exact) mass is 450 g/mol. The van der Waals surface area contributed by atoms with Crippen molar-refractivity contribution in [2.45, 2.75) is 6.42 Å². The third kappa shape index (κ3) is 4.22. The van der Waals surface area contributed by atoms with Crippen molar-refractivity contribution in [3.05, 3.63) is 106 Å². The summed E-state index contributed by atoms with van der Waals surface area (Å²) in [5.74, 6) is -0.698. The predicted octanol–water partition coefficient (Wildman–Crippen LogP) is 5.45. The third-order valence-corrected chi connectivity index (χ3v) is 5.84. The van der Waals surface area contributed by atoms with Crippen LogP contribution in [0.25, 0.3) is 5.57 Å². The van der Waals surface area contributed by atoms with E-state index in [9.17, 15) is 9.59 Å². The maximum Gasteiger partial charge on any atom is 0.278 e. The molecule has 0 fully saturated rings. The van der Waals surface area contributed by atoms with Crippen LogP contribution in [0, 0.1) is 0 Å². The fourth-order valence-electron chi connectivity index (χ4n) is 3.68. The van der Waals surface area contributed by atoms with Gasteiger partial charge in [-0.15, -0.1) is 0 Å². The second-order valence-corrected chi connectivity index (χ2v) is 8.08. The van der Waals surface area contributed by atoms with Gasteiger partial charge in [0.15, 0.2) is 0 Å². The highest BCUT2D eigenvalue weighted by Gasteiger charge is 2.41. The zero-order chi connectivity index (χ0) is 22.0. The van der Waals surface area contributed by atoms with Crippen LogP contribution in [-0.2, 0) is 16.0 Å². The second-order valence-electron chi connectivity index (χ2n) is 7.24. The van der Waals surface area contributed by atoms with Crippen molar-refractivity contribution < 1.29 is 9.59 Å². The maximum absolute atomic E-state index is 13.5. The molecule has 3 aromatic rings. The van der Waals surface area contributed by atoms with Crippen LogP contribution in [0.3, 0.4) is 0 Å². The number of carbonyl (C=O) groups excluding carboxylic acids is 2. The summed E-state index contributed by atoms with van der Waals surface area (Å²) in [5, 5.41) is 0.789. The molecule has 0 N–H and O–H groups in total. The Morgan fingerprint density at radius 3 is 2.13 bits per heavy atom. The minimum Gasteiger partial charge on any atom is -0.339 e. The van der Waals surface area contributed by atoms with Crippen LogP contribution < -0.4 is 4.90 Å². The summed E-state index contributed by atoms with van der Waals surface area (Å²) in [7, 11) is 1.78. The fraction of sp³-hybridized carbons (Fsp3) is 0.120. The Bertz CT molecular complexity index is 1160. The molecule has 0 radical (unpaired) electrons. The minimum atomic E-state index is -0.358. The highest BCUT2D eigenvalue weighted by Crippen LogP contribution is 2.37. The first-order valence-electron chi connectivity index (χ1n) is 9.86. The molecule has 1 aliphatic rings. The van der Waals surface area contributed by atoms with Crippen molar-refractivity contribution in [3.63, 3.8) is 0 Å². The molecule has 1 aliphatic heterocycles. The van der Waals surface area contributed by atoms with E-state index in [1.807, 2.05) is 60.7 Å². The van der Waals surface area contributed by atoms with Gasteiger partial charge in [-0.3, -0.25) is 14.5 Å². The molecule has 0 aromatic heterocycles. The molecule has 0 saturated heterocycles. The average Bonchev–Trinajstić information content (AvgIpc) is 3.02. The Balaban J connectivity index is 1.75. The van der Waals surface area contributed by atoms with E-state index in [4.69, 9.17) is 23.2 Å². The number of hydrogen-bond acceptors (Lipinski definition) is 3. The molecule has 3 aromatic carbocycles. The highest BCUT2D eigenvalue weighted by molar-refractivity contribution is 6.41. The van der Waals surface area contributed by atoms with Crippen molar-refractivity contribution in [1.29, 1.82) is 0 Å². The lowest BCUT2D eigenvalue weighted by atomic mass is 10.0. The molecule has 4 rings (SSSR count). The van der Waals surface area contributed by atoms with Gasteiger partial charge < -0.3 is 4.90 Å². The number of para-hydroxylation sites is 1. The Kier molecular flexibility index (Phi) is 6.12. The van der Waals surface area contributed by atoms with E-state index >= 15 is 0 Å². The predicted molar refractivity (Wildman–Crippen MR) is 125 cm³/mol. The van der Waals surface area contributed by atoms with Gasteiger partial charge in [-0.1, -0.05) is 77.8 Å². The number of amides is 2. The molecule has 0 bridgehead atoms. The van der Waals surface area contributed by atoms with Crippen LogP contribution in [0.1, 0.15) is 11.1 Å². The summed E-state index contributed by atoms with van der Waals surface area (Å²) >= 11 is 12.5. The molecular formula is C25H20Cl2N2O2. The number of halogens is 2. The van der Waals surface area contributed by atoms with Gasteiger partial charge in [-0.05, 0) is 36.2 Å². The molecule has 6 heteroatoms. The number of carbonyl (C=O) groups is 2. The van der Waals surface area contributed by atoms with Crippen LogP contribution in [0.15, 0.2) is 84.6 Å². The number of hydrogen-bond donors (Lipinski definition) is 0. The van der Waals surface area contributed by atoms with Crippen molar-refractivity contribution >= 4 is 46.3 Å². The van der Waals surface area contributed by atoms with Crippen LogP contribution >= 0.6 is 23.2 Å². The summed E-state index contributed by atoms with van der Waals surface area (Å²) < 4.78 is 0. The molecule has 0 unspecified atom stereocenters. The van der Waals surface area contributed by atoms with Crippen LogP contribution in [0.4, 0.5) is 5.69 Å². The minimum absolute atomic E-state index is 0.280. The fourth-order valence-corrected chi connectivity index (χ4v) is 4.18. The Labute approximate surface area is 191 Å². The lowest BCUT2D eigenvalue weighted by molar-refractivity contribution is -0.136. The Morgan fingerprint density at radius 1 is 0.839 bits per heavy atom. The van der Waals surface area contributed by atoms with E-state index in [1.165, 1.54) is 4.90 Å². The first-order chi connectivity index (χ1) is 15.0. The van der Waals surface area contributed by atoms with Crippen molar-refractivity contribution in [3.8, 4) is 0 Å². The number of benzene rings is 3. The molecule has 0 spiro atoms. The summed E-state index contributed by atoms with van der Waals surface area (Å²) in [5.41, 5.74) is 2.93. The molecule has 0 saturated carbocycles. The van der Waals surface area contributed by atoms with Gasteiger partial charge in [0.1, 0.15) is 5.70 Å². The SMILES string of the molecule is CN(C1=C(c2ccc(Cl)cc2Cl)C(=O)N(CCc2ccccc2)C1=O)c1ccccc1. The standard InChI is InChI=1S/C25H20Cl2N2O2/c1-28(19-10-6-3-7-11-19)23-22(20-13-12-18(26)16-21(20)27)24(30)29(25(23)31)15-14-17-8-4-2-5-9-17/h2-13,16H,14-15H2,1H3. The summed E-state index contributed by atoms with van der Waals surface area (Å²) in [4.78, 5) is 29.9. The highest BCUT2D eigenvalue weighted by atomic mass is 35.5. The van der Waals surface area contributed by atoms with Crippen molar-refractivity contribution in [2.24, 2.45) is 0 Å². The molecule has 4 nitrogen and oxygen atoms in total. The third-order valence-electron chi connectivity index (χ3n) is 5.29. The summed E-state index contributed by atoms with van der Waals surface area (Å²) in [6.45, 7) is 0.280. The van der Waals surface area contributed by atoms with Crippen molar-refractivity contribution in [1.82, 2.24) is 4.90 Å². The van der Waals surface area contributed by atoms with Crippen LogP contribution in [0.5, 0.6) is 0 Å². The number of anilines is 1. The average molecular weight is 451 g/mol. The van der Waals surface area contributed by atoms with E-state index in [0.717, 1.165) is 11.3 Å². The lowest BCUT2D eigenvalue weighted by Gasteiger charge is -2.21. The number of likely N-dealkylation sites (N-methyl/N-ethyl adjacent to an activating group) is 1. The van der Waals surface area contributed by atoms with Crippen LogP contribution in [0.2, 0.25) is 10.0 Å². The van der Waals surface area contributed by atoms with Crippen LogP contribution in [-0.4, -0.2) is 30.3 Å². The second kappa shape index (κ2) is 8.96. The van der Waals surface area contributed by atoms with E-state index in [-0.39, 0.29) is 23.9 Å². The topological polar surface area (TPSA) is 40.6 Å². The zero-order valence-electron chi connectivity index (χ0n) is 16.9. The molecular weight excluding hydrogens is 431 g/mol. The van der Waals surface area contributed by atoms with E-state index < -0.39 is 0 Å². The van der Waals surface area contributed by atoms with E-state index in [1.54, 1.807) is 30.1 Å². The van der Waals surface area contributed by atoms with Gasteiger partial charge in [0, 0.05) is 29.9 Å². The van der Waals surface area contributed by atoms with Gasteiger partial charge in [-0.2, -0.15) is 0 Å². The van der Waals surface area contributed by atoms with Gasteiger partial charge >= 0.3 is 0 Å². The summed E-state index contributed by atoms with van der Waals surface area (Å²) in [6.07, 6.45) is 0.572. The van der Waals surface area contributed by atoms with E-state index in [0.29, 0.717) is 27.7 Å². The zero-order valence-corrected chi connectivity index (χ0v) is 18.4. The Morgan fingerprint density at radius 2 is 1.48 bits per heavy atom. The number of imide groups is 1. The van der Waals surface area contributed by atoms with Gasteiger partial charge in [-0.25, -0.2) is 0 Å². The number of nitrogens with zero attached hydrogens (tertiary/aromatic N) is 2.